The van der Waals surface area contributed by atoms with Crippen LogP contribution >= 0.6 is 0 Å². The fraction of sp³-hybridized carbons (Fsp3) is 0.808. The highest BCUT2D eigenvalue weighted by Crippen LogP contribution is 2.41. The van der Waals surface area contributed by atoms with Gasteiger partial charge in [-0.05, 0) is 57.8 Å². The number of ether oxygens (including phenoxy) is 1. The molecular formula is C26H45NO2. The van der Waals surface area contributed by atoms with Gasteiger partial charge in [-0.3, -0.25) is 0 Å². The SMILES string of the molecule is CCCCCCCC[C@H]1CC=C(N2CCCC2)[C@@H]1CCCCC=CC(=O)OCC. The summed E-state index contributed by atoms with van der Waals surface area (Å²) < 4.78 is 4.94. The normalized spacial score (nSPS) is 21.9. The van der Waals surface area contributed by atoms with Gasteiger partial charge in [-0.15, -0.1) is 0 Å². The number of rotatable bonds is 15. The van der Waals surface area contributed by atoms with Gasteiger partial charge >= 0.3 is 5.97 Å². The molecule has 2 atom stereocenters. The number of carbonyl (C=O) groups is 1. The molecule has 0 aromatic rings. The van der Waals surface area contributed by atoms with Crippen molar-refractivity contribution in [1.82, 2.24) is 4.90 Å². The maximum absolute atomic E-state index is 11.4. The first-order valence-electron chi connectivity index (χ1n) is 12.5. The van der Waals surface area contributed by atoms with Gasteiger partial charge in [-0.25, -0.2) is 4.79 Å². The Balaban J connectivity index is 1.73. The largest absolute Gasteiger partial charge is 0.463 e. The Morgan fingerprint density at radius 1 is 1.03 bits per heavy atom. The van der Waals surface area contributed by atoms with E-state index in [-0.39, 0.29) is 5.97 Å². The summed E-state index contributed by atoms with van der Waals surface area (Å²) in [6.45, 7) is 7.14. The predicted molar refractivity (Wildman–Crippen MR) is 123 cm³/mol. The van der Waals surface area contributed by atoms with Gasteiger partial charge in [0.15, 0.2) is 0 Å². The summed E-state index contributed by atoms with van der Waals surface area (Å²) in [6.07, 6.45) is 24.7. The van der Waals surface area contributed by atoms with Crippen LogP contribution in [0.5, 0.6) is 0 Å². The Morgan fingerprint density at radius 3 is 2.52 bits per heavy atom. The summed E-state index contributed by atoms with van der Waals surface area (Å²) >= 11 is 0. The van der Waals surface area contributed by atoms with Crippen LogP contribution in [0.25, 0.3) is 0 Å². The van der Waals surface area contributed by atoms with Crippen molar-refractivity contribution in [3.63, 3.8) is 0 Å². The Labute approximate surface area is 180 Å². The van der Waals surface area contributed by atoms with E-state index in [0.29, 0.717) is 6.61 Å². The first kappa shape index (κ1) is 24.0. The van der Waals surface area contributed by atoms with Gasteiger partial charge in [-0.2, -0.15) is 0 Å². The standard InChI is InChI=1S/C26H45NO2/c1-3-5-6-7-8-11-16-23-19-20-25(27-21-14-15-22-27)24(23)17-12-9-10-13-18-26(28)29-4-2/h13,18,20,23-24H,3-12,14-17,19,21-22H2,1-2H3/t23-,24+/m0/s1. The maximum Gasteiger partial charge on any atom is 0.330 e. The molecule has 1 fully saturated rings. The molecule has 0 saturated carbocycles. The summed E-state index contributed by atoms with van der Waals surface area (Å²) in [5.74, 6) is 1.44. The van der Waals surface area contributed by atoms with E-state index < -0.39 is 0 Å². The quantitative estimate of drug-likeness (QED) is 0.167. The molecule has 0 N–H and O–H groups in total. The summed E-state index contributed by atoms with van der Waals surface area (Å²) in [7, 11) is 0. The van der Waals surface area contributed by atoms with Crippen molar-refractivity contribution >= 4 is 5.97 Å². The Hall–Kier alpha value is -1.25. The van der Waals surface area contributed by atoms with E-state index in [1.165, 1.54) is 96.6 Å². The van der Waals surface area contributed by atoms with Gasteiger partial charge in [0, 0.05) is 30.8 Å². The molecule has 0 amide bonds. The monoisotopic (exact) mass is 403 g/mol. The van der Waals surface area contributed by atoms with Crippen molar-refractivity contribution in [1.29, 1.82) is 0 Å². The Bertz CT molecular complexity index is 505. The fourth-order valence-electron chi connectivity index (χ4n) is 5.05. The average Bonchev–Trinajstić information content (AvgIpc) is 3.37. The summed E-state index contributed by atoms with van der Waals surface area (Å²) in [5, 5.41) is 0. The molecule has 0 bridgehead atoms. The minimum absolute atomic E-state index is 0.207. The molecule has 0 aromatic carbocycles. The van der Waals surface area contributed by atoms with Crippen LogP contribution in [0.3, 0.4) is 0 Å². The first-order chi connectivity index (χ1) is 14.3. The molecule has 1 heterocycles. The smallest absolute Gasteiger partial charge is 0.330 e. The fourth-order valence-corrected chi connectivity index (χ4v) is 5.05. The van der Waals surface area contributed by atoms with Crippen molar-refractivity contribution in [3.8, 4) is 0 Å². The lowest BCUT2D eigenvalue weighted by Gasteiger charge is -2.29. The Kier molecular flexibility index (Phi) is 12.2. The van der Waals surface area contributed by atoms with E-state index in [4.69, 9.17) is 4.74 Å². The van der Waals surface area contributed by atoms with Crippen molar-refractivity contribution in [2.24, 2.45) is 11.8 Å². The molecule has 3 heteroatoms. The van der Waals surface area contributed by atoms with Gasteiger partial charge in [0.05, 0.1) is 6.61 Å². The van der Waals surface area contributed by atoms with Crippen LogP contribution in [0, 0.1) is 11.8 Å². The number of allylic oxidation sites excluding steroid dienone is 3. The highest BCUT2D eigenvalue weighted by Gasteiger charge is 2.32. The van der Waals surface area contributed by atoms with Crippen LogP contribution < -0.4 is 0 Å². The lowest BCUT2D eigenvalue weighted by molar-refractivity contribution is -0.137. The molecule has 1 saturated heterocycles. The second-order valence-electron chi connectivity index (χ2n) is 8.92. The van der Waals surface area contributed by atoms with Crippen LogP contribution in [-0.2, 0) is 9.53 Å². The highest BCUT2D eigenvalue weighted by atomic mass is 16.5. The van der Waals surface area contributed by atoms with Gasteiger partial charge in [0.1, 0.15) is 0 Å². The molecule has 1 aliphatic carbocycles. The lowest BCUT2D eigenvalue weighted by Crippen LogP contribution is -2.25. The van der Waals surface area contributed by atoms with E-state index in [9.17, 15) is 4.79 Å². The van der Waals surface area contributed by atoms with Crippen molar-refractivity contribution in [2.75, 3.05) is 19.7 Å². The third-order valence-electron chi connectivity index (χ3n) is 6.65. The Morgan fingerprint density at radius 2 is 1.76 bits per heavy atom. The number of esters is 1. The van der Waals surface area contributed by atoms with Gasteiger partial charge in [0.25, 0.3) is 0 Å². The topological polar surface area (TPSA) is 29.5 Å². The second kappa shape index (κ2) is 14.7. The molecule has 29 heavy (non-hydrogen) atoms. The van der Waals surface area contributed by atoms with Gasteiger partial charge in [-0.1, -0.05) is 64.0 Å². The summed E-state index contributed by atoms with van der Waals surface area (Å²) in [4.78, 5) is 14.1. The molecule has 0 unspecified atom stereocenters. The number of hydrogen-bond acceptors (Lipinski definition) is 3. The number of likely N-dealkylation sites (tertiary alicyclic amines) is 1. The molecule has 1 aliphatic heterocycles. The van der Waals surface area contributed by atoms with E-state index in [1.807, 2.05) is 13.0 Å². The number of hydrogen-bond donors (Lipinski definition) is 0. The molecule has 0 spiro atoms. The molecule has 2 rings (SSSR count). The molecular weight excluding hydrogens is 358 g/mol. The molecule has 0 radical (unpaired) electrons. The van der Waals surface area contributed by atoms with E-state index in [0.717, 1.165) is 18.3 Å². The number of unbranched alkanes of at least 4 members (excludes halogenated alkanes) is 7. The molecule has 166 valence electrons. The van der Waals surface area contributed by atoms with Gasteiger partial charge in [0.2, 0.25) is 0 Å². The minimum Gasteiger partial charge on any atom is -0.463 e. The van der Waals surface area contributed by atoms with Crippen LogP contribution in [0.2, 0.25) is 0 Å². The van der Waals surface area contributed by atoms with E-state index in [2.05, 4.69) is 17.9 Å². The molecule has 2 aliphatic rings. The minimum atomic E-state index is -0.207. The maximum atomic E-state index is 11.4. The molecule has 3 nitrogen and oxygen atoms in total. The zero-order valence-electron chi connectivity index (χ0n) is 19.2. The average molecular weight is 404 g/mol. The zero-order chi connectivity index (χ0) is 20.7. The first-order valence-corrected chi connectivity index (χ1v) is 12.5. The van der Waals surface area contributed by atoms with E-state index >= 15 is 0 Å². The van der Waals surface area contributed by atoms with Crippen LogP contribution in [0.4, 0.5) is 0 Å². The van der Waals surface area contributed by atoms with Gasteiger partial charge < -0.3 is 9.64 Å². The number of carbonyl (C=O) groups excluding carboxylic acids is 1. The van der Waals surface area contributed by atoms with Crippen molar-refractivity contribution in [3.05, 3.63) is 23.9 Å². The van der Waals surface area contributed by atoms with Crippen LogP contribution in [0.15, 0.2) is 23.9 Å². The third-order valence-corrected chi connectivity index (χ3v) is 6.65. The second-order valence-corrected chi connectivity index (χ2v) is 8.92. The van der Waals surface area contributed by atoms with Crippen LogP contribution in [-0.4, -0.2) is 30.6 Å². The van der Waals surface area contributed by atoms with E-state index in [1.54, 1.807) is 11.8 Å². The van der Waals surface area contributed by atoms with Crippen LogP contribution in [0.1, 0.15) is 104 Å². The summed E-state index contributed by atoms with van der Waals surface area (Å²) in [5.41, 5.74) is 1.68. The zero-order valence-corrected chi connectivity index (χ0v) is 19.2. The third kappa shape index (κ3) is 8.97. The highest BCUT2D eigenvalue weighted by molar-refractivity contribution is 5.81. The van der Waals surface area contributed by atoms with Crippen molar-refractivity contribution in [2.45, 2.75) is 104 Å². The number of nitrogens with zero attached hydrogens (tertiary/aromatic N) is 1. The lowest BCUT2D eigenvalue weighted by atomic mass is 9.84. The predicted octanol–water partition coefficient (Wildman–Crippen LogP) is 7.03. The molecule has 0 aromatic heterocycles. The van der Waals surface area contributed by atoms with Crippen molar-refractivity contribution < 1.29 is 9.53 Å². The summed E-state index contributed by atoms with van der Waals surface area (Å²) in [6, 6.07) is 0.